The molecule has 0 aliphatic rings. The fraction of sp³-hybridized carbons (Fsp3) is 0.267. The van der Waals surface area contributed by atoms with Gasteiger partial charge >= 0.3 is 0 Å². The van der Waals surface area contributed by atoms with Gasteiger partial charge in [0.05, 0.1) is 18.9 Å². The molecule has 0 unspecified atom stereocenters. The number of aromatic nitrogens is 4. The first kappa shape index (κ1) is 14.2. The molecule has 2 aromatic heterocycles. The summed E-state index contributed by atoms with van der Waals surface area (Å²) in [6.07, 6.45) is 4.07. The van der Waals surface area contributed by atoms with Gasteiger partial charge in [0, 0.05) is 6.42 Å². The number of ether oxygens (including phenoxy) is 1. The zero-order chi connectivity index (χ0) is 15.4. The first-order chi connectivity index (χ1) is 10.7. The number of rotatable bonds is 6. The van der Waals surface area contributed by atoms with Crippen LogP contribution in [-0.2, 0) is 19.6 Å². The lowest BCUT2D eigenvalue weighted by atomic mass is 10.2. The van der Waals surface area contributed by atoms with Crippen LogP contribution in [0.25, 0.3) is 0 Å². The minimum Gasteiger partial charge on any atom is -0.481 e. The highest BCUT2D eigenvalue weighted by Crippen LogP contribution is 2.13. The molecule has 22 heavy (non-hydrogen) atoms. The molecule has 3 rings (SSSR count). The summed E-state index contributed by atoms with van der Waals surface area (Å²) in [5.41, 5.74) is 0.959. The topological polar surface area (TPSA) is 66.0 Å². The number of hydrogen-bond donors (Lipinski definition) is 0. The maximum absolute atomic E-state index is 12.9. The summed E-state index contributed by atoms with van der Waals surface area (Å²) >= 11 is 0. The van der Waals surface area contributed by atoms with Gasteiger partial charge in [-0.1, -0.05) is 19.1 Å². The third-order valence-electron chi connectivity index (χ3n) is 3.04. The summed E-state index contributed by atoms with van der Waals surface area (Å²) in [4.78, 5) is 0. The molecule has 0 saturated carbocycles. The molecule has 0 spiro atoms. The van der Waals surface area contributed by atoms with Crippen LogP contribution < -0.4 is 4.74 Å². The molecular weight excluding hydrogens is 287 g/mol. The molecule has 0 aliphatic heterocycles. The Balaban J connectivity index is 1.57. The van der Waals surface area contributed by atoms with Crippen LogP contribution in [-0.4, -0.2) is 20.0 Å². The van der Waals surface area contributed by atoms with Gasteiger partial charge in [0.2, 0.25) is 5.89 Å². The average Bonchev–Trinajstić information content (AvgIpc) is 3.16. The number of halogens is 1. The molecule has 3 aromatic rings. The average molecular weight is 302 g/mol. The lowest BCUT2D eigenvalue weighted by Crippen LogP contribution is -2.00. The second kappa shape index (κ2) is 6.38. The van der Waals surface area contributed by atoms with E-state index in [1.165, 1.54) is 12.1 Å². The van der Waals surface area contributed by atoms with Crippen molar-refractivity contribution < 1.29 is 13.5 Å². The van der Waals surface area contributed by atoms with E-state index in [1.807, 2.05) is 6.92 Å². The fourth-order valence-corrected chi connectivity index (χ4v) is 1.92. The van der Waals surface area contributed by atoms with E-state index in [0.717, 1.165) is 5.56 Å². The Morgan fingerprint density at radius 1 is 1.18 bits per heavy atom. The predicted molar refractivity (Wildman–Crippen MR) is 75.7 cm³/mol. The standard InChI is InChI=1S/C15H15FN4O2/c1-2-14-18-19-15(22-14)10-21-13-7-17-20(9-13)8-11-3-5-12(16)6-4-11/h3-7,9H,2,8,10H2,1H3. The highest BCUT2D eigenvalue weighted by Gasteiger charge is 2.06. The van der Waals surface area contributed by atoms with Crippen molar-refractivity contribution in [2.24, 2.45) is 0 Å². The van der Waals surface area contributed by atoms with Gasteiger partial charge in [-0.15, -0.1) is 10.2 Å². The van der Waals surface area contributed by atoms with Gasteiger partial charge in [-0.3, -0.25) is 4.68 Å². The van der Waals surface area contributed by atoms with Crippen LogP contribution in [0.4, 0.5) is 4.39 Å². The highest BCUT2D eigenvalue weighted by molar-refractivity contribution is 5.18. The quantitative estimate of drug-likeness (QED) is 0.700. The summed E-state index contributed by atoms with van der Waals surface area (Å²) in [7, 11) is 0. The van der Waals surface area contributed by atoms with E-state index in [1.54, 1.807) is 29.2 Å². The molecule has 7 heteroatoms. The Hall–Kier alpha value is -2.70. The van der Waals surface area contributed by atoms with Gasteiger partial charge < -0.3 is 9.15 Å². The summed E-state index contributed by atoms with van der Waals surface area (Å²) in [5.74, 6) is 1.38. The second-order valence-corrected chi connectivity index (χ2v) is 4.73. The van der Waals surface area contributed by atoms with E-state index >= 15 is 0 Å². The molecule has 1 aromatic carbocycles. The molecule has 0 fully saturated rings. The van der Waals surface area contributed by atoms with Crippen LogP contribution in [0.2, 0.25) is 0 Å². The Bertz CT molecular complexity index is 736. The van der Waals surface area contributed by atoms with Crippen LogP contribution >= 0.6 is 0 Å². The molecule has 0 atom stereocenters. The van der Waals surface area contributed by atoms with Gasteiger partial charge in [-0.05, 0) is 17.7 Å². The van der Waals surface area contributed by atoms with Crippen molar-refractivity contribution >= 4 is 0 Å². The van der Waals surface area contributed by atoms with Gasteiger partial charge in [0.15, 0.2) is 12.4 Å². The van der Waals surface area contributed by atoms with E-state index in [-0.39, 0.29) is 12.4 Å². The minimum absolute atomic E-state index is 0.204. The van der Waals surface area contributed by atoms with Gasteiger partial charge in [-0.25, -0.2) is 4.39 Å². The van der Waals surface area contributed by atoms with Crippen LogP contribution in [0.15, 0.2) is 41.1 Å². The normalized spacial score (nSPS) is 10.8. The zero-order valence-corrected chi connectivity index (χ0v) is 12.1. The molecule has 0 amide bonds. The number of hydrogen-bond acceptors (Lipinski definition) is 5. The van der Waals surface area contributed by atoms with E-state index < -0.39 is 0 Å². The SMILES string of the molecule is CCc1nnc(COc2cnn(Cc3ccc(F)cc3)c2)o1. The molecule has 6 nitrogen and oxygen atoms in total. The molecule has 0 aliphatic carbocycles. The van der Waals surface area contributed by atoms with Gasteiger partial charge in [0.1, 0.15) is 5.82 Å². The van der Waals surface area contributed by atoms with E-state index in [2.05, 4.69) is 15.3 Å². The summed E-state index contributed by atoms with van der Waals surface area (Å²) in [5, 5.41) is 11.9. The second-order valence-electron chi connectivity index (χ2n) is 4.73. The van der Waals surface area contributed by atoms with Crippen LogP contribution in [0.1, 0.15) is 24.3 Å². The lowest BCUT2D eigenvalue weighted by Gasteiger charge is -2.01. The largest absolute Gasteiger partial charge is 0.481 e. The van der Waals surface area contributed by atoms with Gasteiger partial charge in [-0.2, -0.15) is 5.10 Å². The summed E-state index contributed by atoms with van der Waals surface area (Å²) < 4.78 is 25.5. The van der Waals surface area contributed by atoms with Crippen LogP contribution in [0, 0.1) is 5.82 Å². The van der Waals surface area contributed by atoms with Crippen molar-refractivity contribution in [2.75, 3.05) is 0 Å². The Labute approximate surface area is 126 Å². The number of benzene rings is 1. The molecule has 114 valence electrons. The minimum atomic E-state index is -0.251. The third kappa shape index (κ3) is 3.49. The van der Waals surface area contributed by atoms with E-state index in [9.17, 15) is 4.39 Å². The van der Waals surface area contributed by atoms with Crippen molar-refractivity contribution in [3.05, 3.63) is 59.8 Å². The van der Waals surface area contributed by atoms with E-state index in [0.29, 0.717) is 30.5 Å². The Morgan fingerprint density at radius 2 is 1.95 bits per heavy atom. The van der Waals surface area contributed by atoms with Crippen molar-refractivity contribution in [3.63, 3.8) is 0 Å². The summed E-state index contributed by atoms with van der Waals surface area (Å²) in [6, 6.07) is 6.30. The van der Waals surface area contributed by atoms with Crippen molar-refractivity contribution in [3.8, 4) is 5.75 Å². The predicted octanol–water partition coefficient (Wildman–Crippen LogP) is 2.59. The monoisotopic (exact) mass is 302 g/mol. The zero-order valence-electron chi connectivity index (χ0n) is 12.1. The van der Waals surface area contributed by atoms with E-state index in [4.69, 9.17) is 9.15 Å². The van der Waals surface area contributed by atoms with Gasteiger partial charge in [0.25, 0.3) is 5.89 Å². The first-order valence-electron chi connectivity index (χ1n) is 6.94. The lowest BCUT2D eigenvalue weighted by molar-refractivity contribution is 0.259. The van der Waals surface area contributed by atoms with Crippen LogP contribution in [0.3, 0.4) is 0 Å². The third-order valence-corrected chi connectivity index (χ3v) is 3.04. The molecular formula is C15H15FN4O2. The first-order valence-corrected chi connectivity index (χ1v) is 6.94. The smallest absolute Gasteiger partial charge is 0.253 e. The molecule has 2 heterocycles. The van der Waals surface area contributed by atoms with Crippen molar-refractivity contribution in [1.29, 1.82) is 0 Å². The van der Waals surface area contributed by atoms with Crippen molar-refractivity contribution in [1.82, 2.24) is 20.0 Å². The van der Waals surface area contributed by atoms with Crippen LogP contribution in [0.5, 0.6) is 5.75 Å². The summed E-state index contributed by atoms with van der Waals surface area (Å²) in [6.45, 7) is 2.69. The maximum atomic E-state index is 12.9. The Kier molecular flexibility index (Phi) is 4.13. The number of nitrogens with zero attached hydrogens (tertiary/aromatic N) is 4. The number of aryl methyl sites for hydroxylation is 1. The molecule has 0 N–H and O–H groups in total. The maximum Gasteiger partial charge on any atom is 0.253 e. The highest BCUT2D eigenvalue weighted by atomic mass is 19.1. The molecule has 0 radical (unpaired) electrons. The molecule has 0 bridgehead atoms. The molecule has 0 saturated heterocycles. The van der Waals surface area contributed by atoms with Crippen molar-refractivity contribution in [2.45, 2.75) is 26.5 Å². The fourth-order valence-electron chi connectivity index (χ4n) is 1.92. The Morgan fingerprint density at radius 3 is 2.68 bits per heavy atom.